The van der Waals surface area contributed by atoms with E-state index in [-0.39, 0.29) is 0 Å². The quantitative estimate of drug-likeness (QED) is 0.921. The van der Waals surface area contributed by atoms with Gasteiger partial charge in [-0.15, -0.1) is 0 Å². The minimum absolute atomic E-state index is 0.445. The molecule has 108 valence electrons. The van der Waals surface area contributed by atoms with Crippen molar-refractivity contribution in [3.63, 3.8) is 0 Å². The summed E-state index contributed by atoms with van der Waals surface area (Å²) in [7, 11) is 0. The number of benzene rings is 1. The number of hydrogen-bond acceptors (Lipinski definition) is 2. The average Bonchev–Trinajstić information content (AvgIpc) is 2.98. The molecule has 5 heteroatoms. The van der Waals surface area contributed by atoms with Crippen LogP contribution in [-0.4, -0.2) is 39.0 Å². The lowest BCUT2D eigenvalue weighted by Gasteiger charge is -2.23. The van der Waals surface area contributed by atoms with Crippen LogP contribution in [0.15, 0.2) is 42.7 Å². The first kappa shape index (κ1) is 13.4. The van der Waals surface area contributed by atoms with E-state index in [1.54, 1.807) is 0 Å². The van der Waals surface area contributed by atoms with Gasteiger partial charge < -0.3 is 10.0 Å². The zero-order valence-corrected chi connectivity index (χ0v) is 11.9. The Kier molecular flexibility index (Phi) is 3.48. The zero-order valence-electron chi connectivity index (χ0n) is 11.9. The predicted molar refractivity (Wildman–Crippen MR) is 80.5 cm³/mol. The van der Waals surface area contributed by atoms with Crippen LogP contribution in [0.2, 0.25) is 0 Å². The van der Waals surface area contributed by atoms with Crippen molar-refractivity contribution in [3.05, 3.63) is 53.9 Å². The van der Waals surface area contributed by atoms with E-state index in [0.717, 1.165) is 23.2 Å². The third kappa shape index (κ3) is 2.81. The monoisotopic (exact) mass is 283 g/mol. The molecular weight excluding hydrogens is 266 g/mol. The SMILES string of the molecule is Cc1ccc(-n2cc(C3=CCN(C(=O)O)CC3)cn2)cc1. The number of nitrogens with zero attached hydrogens (tertiary/aromatic N) is 3. The standard InChI is InChI=1S/C16H17N3O2/c1-12-2-4-15(5-3-12)19-11-14(10-17-19)13-6-8-18(9-7-13)16(20)21/h2-6,10-11H,7-9H2,1H3,(H,20,21). The van der Waals surface area contributed by atoms with Gasteiger partial charge in [-0.25, -0.2) is 9.48 Å². The topological polar surface area (TPSA) is 58.4 Å². The molecule has 0 radical (unpaired) electrons. The van der Waals surface area contributed by atoms with Crippen molar-refractivity contribution in [2.45, 2.75) is 13.3 Å². The van der Waals surface area contributed by atoms with Crippen LogP contribution >= 0.6 is 0 Å². The van der Waals surface area contributed by atoms with E-state index in [9.17, 15) is 4.79 Å². The van der Waals surface area contributed by atoms with Crippen LogP contribution in [0.5, 0.6) is 0 Å². The highest BCUT2D eigenvalue weighted by atomic mass is 16.4. The number of carbonyl (C=O) groups is 1. The van der Waals surface area contributed by atoms with Crippen LogP contribution < -0.4 is 0 Å². The summed E-state index contributed by atoms with van der Waals surface area (Å²) < 4.78 is 1.85. The zero-order chi connectivity index (χ0) is 14.8. The highest BCUT2D eigenvalue weighted by Gasteiger charge is 2.17. The van der Waals surface area contributed by atoms with E-state index in [1.807, 2.05) is 35.3 Å². The molecule has 3 rings (SSSR count). The predicted octanol–water partition coefficient (Wildman–Crippen LogP) is 2.95. The average molecular weight is 283 g/mol. The smallest absolute Gasteiger partial charge is 0.407 e. The molecular formula is C16H17N3O2. The Balaban J connectivity index is 1.79. The van der Waals surface area contributed by atoms with Crippen molar-refractivity contribution < 1.29 is 9.90 Å². The van der Waals surface area contributed by atoms with Gasteiger partial charge >= 0.3 is 6.09 Å². The molecule has 0 atom stereocenters. The largest absolute Gasteiger partial charge is 0.465 e. The van der Waals surface area contributed by atoms with Crippen molar-refractivity contribution in [2.24, 2.45) is 0 Å². The van der Waals surface area contributed by atoms with E-state index in [1.165, 1.54) is 10.5 Å². The molecule has 1 aromatic carbocycles. The normalized spacial score (nSPS) is 14.9. The number of amides is 1. The van der Waals surface area contributed by atoms with E-state index in [4.69, 9.17) is 5.11 Å². The fourth-order valence-electron chi connectivity index (χ4n) is 2.43. The van der Waals surface area contributed by atoms with Gasteiger partial charge in [0, 0.05) is 24.8 Å². The lowest BCUT2D eigenvalue weighted by Crippen LogP contribution is -2.33. The molecule has 0 saturated heterocycles. The van der Waals surface area contributed by atoms with Crippen molar-refractivity contribution in [1.29, 1.82) is 0 Å². The fraction of sp³-hybridized carbons (Fsp3) is 0.250. The van der Waals surface area contributed by atoms with Crippen molar-refractivity contribution in [2.75, 3.05) is 13.1 Å². The maximum absolute atomic E-state index is 10.9. The van der Waals surface area contributed by atoms with Gasteiger partial charge in [-0.1, -0.05) is 23.8 Å². The van der Waals surface area contributed by atoms with Gasteiger partial charge in [0.25, 0.3) is 0 Å². The maximum atomic E-state index is 10.9. The molecule has 1 amide bonds. The Bertz CT molecular complexity index is 686. The van der Waals surface area contributed by atoms with E-state index >= 15 is 0 Å². The lowest BCUT2D eigenvalue weighted by atomic mass is 10.0. The van der Waals surface area contributed by atoms with Gasteiger partial charge in [-0.05, 0) is 31.1 Å². The van der Waals surface area contributed by atoms with Crippen molar-refractivity contribution in [1.82, 2.24) is 14.7 Å². The number of hydrogen-bond donors (Lipinski definition) is 1. The molecule has 0 bridgehead atoms. The molecule has 21 heavy (non-hydrogen) atoms. The summed E-state index contributed by atoms with van der Waals surface area (Å²) in [6, 6.07) is 8.18. The third-order valence-corrected chi connectivity index (χ3v) is 3.73. The molecule has 1 N–H and O–H groups in total. The molecule has 2 aromatic rings. The summed E-state index contributed by atoms with van der Waals surface area (Å²) in [6.45, 7) is 3.04. The first-order valence-corrected chi connectivity index (χ1v) is 6.92. The first-order valence-electron chi connectivity index (χ1n) is 6.92. The van der Waals surface area contributed by atoms with Gasteiger partial charge in [0.1, 0.15) is 0 Å². The van der Waals surface area contributed by atoms with E-state index < -0.39 is 6.09 Å². The summed E-state index contributed by atoms with van der Waals surface area (Å²) in [6.07, 6.45) is 5.66. The Hall–Kier alpha value is -2.56. The molecule has 0 spiro atoms. The van der Waals surface area contributed by atoms with Gasteiger partial charge in [-0.2, -0.15) is 5.10 Å². The Labute approximate surface area is 123 Å². The second-order valence-electron chi connectivity index (χ2n) is 5.22. The molecule has 1 aliphatic heterocycles. The van der Waals surface area contributed by atoms with Gasteiger partial charge in [-0.3, -0.25) is 0 Å². The Morgan fingerprint density at radius 1 is 1.29 bits per heavy atom. The molecule has 1 aliphatic rings. The summed E-state index contributed by atoms with van der Waals surface area (Å²) >= 11 is 0. The highest BCUT2D eigenvalue weighted by Crippen LogP contribution is 2.23. The number of carboxylic acid groups (broad SMARTS) is 1. The molecule has 1 aromatic heterocycles. The third-order valence-electron chi connectivity index (χ3n) is 3.73. The first-order chi connectivity index (χ1) is 10.1. The fourth-order valence-corrected chi connectivity index (χ4v) is 2.43. The van der Waals surface area contributed by atoms with Crippen LogP contribution in [0.1, 0.15) is 17.5 Å². The minimum atomic E-state index is -0.861. The van der Waals surface area contributed by atoms with Crippen LogP contribution in [-0.2, 0) is 0 Å². The summed E-state index contributed by atoms with van der Waals surface area (Å²) in [5.74, 6) is 0. The summed E-state index contributed by atoms with van der Waals surface area (Å²) in [4.78, 5) is 12.3. The number of aromatic nitrogens is 2. The maximum Gasteiger partial charge on any atom is 0.407 e. The molecule has 2 heterocycles. The summed E-state index contributed by atoms with van der Waals surface area (Å²) in [5, 5.41) is 13.3. The molecule has 0 saturated carbocycles. The van der Waals surface area contributed by atoms with E-state index in [0.29, 0.717) is 13.1 Å². The molecule has 0 unspecified atom stereocenters. The van der Waals surface area contributed by atoms with Crippen LogP contribution in [0.25, 0.3) is 11.3 Å². The van der Waals surface area contributed by atoms with Gasteiger partial charge in [0.2, 0.25) is 0 Å². The van der Waals surface area contributed by atoms with E-state index in [2.05, 4.69) is 24.2 Å². The van der Waals surface area contributed by atoms with Crippen LogP contribution in [0.4, 0.5) is 4.79 Å². The molecule has 0 fully saturated rings. The number of rotatable bonds is 2. The highest BCUT2D eigenvalue weighted by molar-refractivity contribution is 5.70. The second kappa shape index (κ2) is 5.44. The van der Waals surface area contributed by atoms with Crippen molar-refractivity contribution in [3.8, 4) is 5.69 Å². The summed E-state index contributed by atoms with van der Waals surface area (Å²) in [5.41, 5.74) is 4.46. The molecule has 0 aliphatic carbocycles. The molecule has 5 nitrogen and oxygen atoms in total. The van der Waals surface area contributed by atoms with Crippen molar-refractivity contribution >= 4 is 11.7 Å². The Morgan fingerprint density at radius 2 is 2.05 bits per heavy atom. The lowest BCUT2D eigenvalue weighted by molar-refractivity contribution is 0.150. The van der Waals surface area contributed by atoms with Gasteiger partial charge in [0.05, 0.1) is 11.9 Å². The Morgan fingerprint density at radius 3 is 2.67 bits per heavy atom. The van der Waals surface area contributed by atoms with Crippen LogP contribution in [0, 0.1) is 6.92 Å². The second-order valence-corrected chi connectivity index (χ2v) is 5.22. The van der Waals surface area contributed by atoms with Crippen LogP contribution in [0.3, 0.4) is 0 Å². The van der Waals surface area contributed by atoms with Gasteiger partial charge in [0.15, 0.2) is 0 Å². The number of aryl methyl sites for hydroxylation is 1. The minimum Gasteiger partial charge on any atom is -0.465 e.